The number of hydrogen-bond donors (Lipinski definition) is 3. The van der Waals surface area contributed by atoms with Crippen LogP contribution in [-0.2, 0) is 11.3 Å². The number of aryl methyl sites for hydroxylation is 1. The fraction of sp³-hybridized carbons (Fsp3) is 0.571. The molecule has 7 nitrogen and oxygen atoms in total. The van der Waals surface area contributed by atoms with Crippen LogP contribution in [0.25, 0.3) is 0 Å². The van der Waals surface area contributed by atoms with Gasteiger partial charge in [0, 0.05) is 25.1 Å². The summed E-state index contributed by atoms with van der Waals surface area (Å²) in [6.07, 6.45) is 1.71. The second-order valence-corrected chi connectivity index (χ2v) is 5.33. The largest absolute Gasteiger partial charge is 0.456 e. The monoisotopic (exact) mass is 294 g/mol. The molecule has 1 aromatic heterocycles. The van der Waals surface area contributed by atoms with E-state index in [0.717, 1.165) is 37.3 Å². The van der Waals surface area contributed by atoms with Gasteiger partial charge >= 0.3 is 5.91 Å². The number of nitrogens with two attached hydrogens (primary N) is 1. The number of carbonyl (C=O) groups is 2. The summed E-state index contributed by atoms with van der Waals surface area (Å²) in [4.78, 5) is 25.3. The minimum Gasteiger partial charge on any atom is -0.456 e. The lowest BCUT2D eigenvalue weighted by atomic mass is 9.95. The molecular formula is C14H22N4O3. The molecule has 4 N–H and O–H groups in total. The molecule has 1 aliphatic rings. The molecule has 0 radical (unpaired) electrons. The summed E-state index contributed by atoms with van der Waals surface area (Å²) in [5.74, 6) is 5.85. The first-order valence-corrected chi connectivity index (χ1v) is 7.09. The van der Waals surface area contributed by atoms with Gasteiger partial charge in [-0.2, -0.15) is 0 Å². The molecular weight excluding hydrogens is 272 g/mol. The van der Waals surface area contributed by atoms with Crippen LogP contribution in [0.2, 0.25) is 0 Å². The molecule has 1 fully saturated rings. The SMILES string of the molecule is CNC(=O)C1CCN(Cc2cc(C(=O)NN)oc2C)CC1. The van der Waals surface area contributed by atoms with Crippen LogP contribution in [0.15, 0.2) is 10.5 Å². The van der Waals surface area contributed by atoms with Crippen LogP contribution in [0.4, 0.5) is 0 Å². The van der Waals surface area contributed by atoms with Crippen LogP contribution in [0.1, 0.15) is 34.7 Å². The van der Waals surface area contributed by atoms with Crippen LogP contribution < -0.4 is 16.6 Å². The Labute approximate surface area is 123 Å². The number of piperidine rings is 1. The number of nitrogen functional groups attached to an aromatic ring is 1. The van der Waals surface area contributed by atoms with Gasteiger partial charge in [0.2, 0.25) is 5.91 Å². The van der Waals surface area contributed by atoms with Crippen molar-refractivity contribution in [3.63, 3.8) is 0 Å². The standard InChI is InChI=1S/C14H22N4O3/c1-9-11(7-12(21-9)14(20)17-15)8-18-5-3-10(4-6-18)13(19)16-2/h7,10H,3-6,8,15H2,1-2H3,(H,16,19)(H,17,20). The summed E-state index contributed by atoms with van der Waals surface area (Å²) in [6.45, 7) is 4.27. The van der Waals surface area contributed by atoms with Crippen molar-refractivity contribution in [1.29, 1.82) is 0 Å². The predicted octanol–water partition coefficient (Wildman–Crippen LogP) is 0.150. The van der Waals surface area contributed by atoms with E-state index in [1.165, 1.54) is 0 Å². The minimum atomic E-state index is -0.428. The Bertz CT molecular complexity index is 518. The van der Waals surface area contributed by atoms with Gasteiger partial charge < -0.3 is 9.73 Å². The summed E-state index contributed by atoms with van der Waals surface area (Å²) in [5, 5.41) is 2.70. The highest BCUT2D eigenvalue weighted by molar-refractivity contribution is 5.91. The van der Waals surface area contributed by atoms with Crippen molar-refractivity contribution in [1.82, 2.24) is 15.6 Å². The zero-order valence-corrected chi connectivity index (χ0v) is 12.4. The molecule has 1 aromatic rings. The Morgan fingerprint density at radius 3 is 2.67 bits per heavy atom. The van der Waals surface area contributed by atoms with Gasteiger partial charge in [-0.3, -0.25) is 19.9 Å². The summed E-state index contributed by atoms with van der Waals surface area (Å²) in [5.41, 5.74) is 3.04. The predicted molar refractivity (Wildman–Crippen MR) is 77.2 cm³/mol. The molecule has 0 spiro atoms. The van der Waals surface area contributed by atoms with E-state index in [-0.39, 0.29) is 17.6 Å². The van der Waals surface area contributed by atoms with Crippen molar-refractivity contribution >= 4 is 11.8 Å². The van der Waals surface area contributed by atoms with Gasteiger partial charge in [0.05, 0.1) is 0 Å². The van der Waals surface area contributed by atoms with Crippen LogP contribution >= 0.6 is 0 Å². The normalized spacial score (nSPS) is 16.7. The maximum Gasteiger partial charge on any atom is 0.300 e. The second-order valence-electron chi connectivity index (χ2n) is 5.33. The Morgan fingerprint density at radius 1 is 1.43 bits per heavy atom. The fourth-order valence-electron chi connectivity index (χ4n) is 2.66. The van der Waals surface area contributed by atoms with Gasteiger partial charge in [0.15, 0.2) is 5.76 Å². The molecule has 1 saturated heterocycles. The van der Waals surface area contributed by atoms with E-state index in [0.29, 0.717) is 6.54 Å². The van der Waals surface area contributed by atoms with Crippen molar-refractivity contribution in [3.8, 4) is 0 Å². The Balaban J connectivity index is 1.93. The highest BCUT2D eigenvalue weighted by atomic mass is 16.4. The van der Waals surface area contributed by atoms with E-state index >= 15 is 0 Å². The quantitative estimate of drug-likeness (QED) is 0.417. The molecule has 21 heavy (non-hydrogen) atoms. The second kappa shape index (κ2) is 6.73. The van der Waals surface area contributed by atoms with Gasteiger partial charge in [-0.1, -0.05) is 0 Å². The average molecular weight is 294 g/mol. The number of furan rings is 1. The number of nitrogens with zero attached hydrogens (tertiary/aromatic N) is 1. The smallest absolute Gasteiger partial charge is 0.300 e. The lowest BCUT2D eigenvalue weighted by Gasteiger charge is -2.30. The van der Waals surface area contributed by atoms with Crippen molar-refractivity contribution in [2.24, 2.45) is 11.8 Å². The Morgan fingerprint density at radius 2 is 2.10 bits per heavy atom. The molecule has 0 bridgehead atoms. The van der Waals surface area contributed by atoms with E-state index in [2.05, 4.69) is 15.6 Å². The minimum absolute atomic E-state index is 0.107. The van der Waals surface area contributed by atoms with E-state index < -0.39 is 5.91 Å². The number of nitrogens with one attached hydrogen (secondary N) is 2. The van der Waals surface area contributed by atoms with Gasteiger partial charge in [0.1, 0.15) is 5.76 Å². The lowest BCUT2D eigenvalue weighted by Crippen LogP contribution is -2.39. The van der Waals surface area contributed by atoms with Gasteiger partial charge in [-0.25, -0.2) is 5.84 Å². The van der Waals surface area contributed by atoms with E-state index in [1.54, 1.807) is 13.1 Å². The third kappa shape index (κ3) is 3.62. The van der Waals surface area contributed by atoms with Crippen molar-refractivity contribution < 1.29 is 14.0 Å². The summed E-state index contributed by atoms with van der Waals surface area (Å²) in [7, 11) is 1.67. The third-order valence-corrected chi connectivity index (χ3v) is 3.97. The maximum atomic E-state index is 11.6. The first-order chi connectivity index (χ1) is 10.0. The molecule has 2 amide bonds. The summed E-state index contributed by atoms with van der Waals surface area (Å²) in [6, 6.07) is 1.72. The number of carbonyl (C=O) groups excluding carboxylic acids is 2. The highest BCUT2D eigenvalue weighted by Crippen LogP contribution is 2.22. The Hall–Kier alpha value is -1.86. The van der Waals surface area contributed by atoms with Crippen molar-refractivity contribution in [2.45, 2.75) is 26.3 Å². The van der Waals surface area contributed by atoms with E-state index in [1.807, 2.05) is 6.92 Å². The first kappa shape index (κ1) is 15.5. The van der Waals surface area contributed by atoms with Crippen molar-refractivity contribution in [3.05, 3.63) is 23.2 Å². The molecule has 0 aromatic carbocycles. The van der Waals surface area contributed by atoms with Gasteiger partial charge in [0.25, 0.3) is 0 Å². The third-order valence-electron chi connectivity index (χ3n) is 3.97. The highest BCUT2D eigenvalue weighted by Gasteiger charge is 2.25. The van der Waals surface area contributed by atoms with Crippen LogP contribution in [0, 0.1) is 12.8 Å². The molecule has 0 atom stereocenters. The summed E-state index contributed by atoms with van der Waals surface area (Å²) < 4.78 is 5.40. The summed E-state index contributed by atoms with van der Waals surface area (Å²) >= 11 is 0. The zero-order chi connectivity index (χ0) is 15.4. The number of rotatable bonds is 4. The molecule has 7 heteroatoms. The van der Waals surface area contributed by atoms with Crippen molar-refractivity contribution in [2.75, 3.05) is 20.1 Å². The number of amides is 2. The maximum absolute atomic E-state index is 11.6. The van der Waals surface area contributed by atoms with Crippen LogP contribution in [0.3, 0.4) is 0 Å². The fourth-order valence-corrected chi connectivity index (χ4v) is 2.66. The molecule has 0 aliphatic carbocycles. The topological polar surface area (TPSA) is 101 Å². The van der Waals surface area contributed by atoms with Gasteiger partial charge in [-0.15, -0.1) is 0 Å². The molecule has 1 aliphatic heterocycles. The number of hydrazine groups is 1. The van der Waals surface area contributed by atoms with Crippen LogP contribution in [-0.4, -0.2) is 36.9 Å². The number of likely N-dealkylation sites (tertiary alicyclic amines) is 1. The van der Waals surface area contributed by atoms with E-state index in [9.17, 15) is 9.59 Å². The number of hydrogen-bond acceptors (Lipinski definition) is 5. The zero-order valence-electron chi connectivity index (χ0n) is 12.4. The van der Waals surface area contributed by atoms with Gasteiger partial charge in [-0.05, 0) is 38.9 Å². The van der Waals surface area contributed by atoms with E-state index in [4.69, 9.17) is 10.3 Å². The lowest BCUT2D eigenvalue weighted by molar-refractivity contribution is -0.125. The average Bonchev–Trinajstić information content (AvgIpc) is 2.87. The molecule has 0 unspecified atom stereocenters. The molecule has 2 heterocycles. The Kier molecular flexibility index (Phi) is 4.98. The van der Waals surface area contributed by atoms with Crippen LogP contribution in [0.5, 0.6) is 0 Å². The molecule has 0 saturated carbocycles. The first-order valence-electron chi connectivity index (χ1n) is 7.09. The molecule has 2 rings (SSSR count). The molecule has 116 valence electrons.